The molecular weight excluding hydrogens is 300 g/mol. The van der Waals surface area contributed by atoms with Crippen molar-refractivity contribution >= 4 is 0 Å². The van der Waals surface area contributed by atoms with Crippen molar-refractivity contribution in [3.8, 4) is 0 Å². The van der Waals surface area contributed by atoms with Crippen LogP contribution >= 0.6 is 0 Å². The van der Waals surface area contributed by atoms with Crippen molar-refractivity contribution in [2.75, 3.05) is 19.8 Å². The summed E-state index contributed by atoms with van der Waals surface area (Å²) in [6.07, 6.45) is 4.93. The normalized spacial score (nSPS) is 31.3. The van der Waals surface area contributed by atoms with Crippen molar-refractivity contribution in [1.82, 2.24) is 4.90 Å². The van der Waals surface area contributed by atoms with E-state index in [0.717, 1.165) is 37.5 Å². The molecule has 0 spiro atoms. The highest BCUT2D eigenvalue weighted by Crippen LogP contribution is 2.35. The monoisotopic (exact) mass is 323 g/mol. The van der Waals surface area contributed by atoms with Gasteiger partial charge in [-0.25, -0.2) is 8.78 Å². The van der Waals surface area contributed by atoms with E-state index in [1.54, 1.807) is 6.07 Å². The van der Waals surface area contributed by atoms with Crippen molar-refractivity contribution in [1.29, 1.82) is 0 Å². The lowest BCUT2D eigenvalue weighted by molar-refractivity contribution is -0.0572. The zero-order chi connectivity index (χ0) is 15.8. The first-order chi connectivity index (χ1) is 11.2. The zero-order valence-corrected chi connectivity index (χ0v) is 13.2. The fourth-order valence-corrected chi connectivity index (χ4v) is 3.79. The Labute approximate surface area is 135 Å². The topological polar surface area (TPSA) is 21.7 Å². The molecular formula is C18H23F2NO2. The molecule has 3 nitrogen and oxygen atoms in total. The van der Waals surface area contributed by atoms with Crippen LogP contribution in [0.4, 0.5) is 8.78 Å². The number of hydrogen-bond acceptors (Lipinski definition) is 3. The second-order valence-electron chi connectivity index (χ2n) is 7.01. The van der Waals surface area contributed by atoms with Crippen molar-refractivity contribution in [2.24, 2.45) is 5.92 Å². The molecule has 1 heterocycles. The standard InChI is InChI=1S/C18H23F2NO2/c19-14-4-3-13(9-15(14)20)10-21-7-8-22-17-6-5-16(21)18(17)23-11-12-1-2-12/h3-4,9,12,16-18H,1-2,5-8,10-11H2. The summed E-state index contributed by atoms with van der Waals surface area (Å²) in [6.45, 7) is 2.93. The molecule has 0 amide bonds. The van der Waals surface area contributed by atoms with E-state index >= 15 is 0 Å². The molecule has 23 heavy (non-hydrogen) atoms. The fraction of sp³-hybridized carbons (Fsp3) is 0.667. The third-order valence-corrected chi connectivity index (χ3v) is 5.26. The summed E-state index contributed by atoms with van der Waals surface area (Å²) in [7, 11) is 0. The molecule has 2 bridgehead atoms. The Morgan fingerprint density at radius 1 is 1.13 bits per heavy atom. The van der Waals surface area contributed by atoms with Gasteiger partial charge in [0, 0.05) is 25.7 Å². The zero-order valence-electron chi connectivity index (χ0n) is 13.2. The first-order valence-corrected chi connectivity index (χ1v) is 8.62. The average molecular weight is 323 g/mol. The summed E-state index contributed by atoms with van der Waals surface area (Å²) in [5.41, 5.74) is 0.801. The minimum absolute atomic E-state index is 0.114. The molecule has 1 aromatic rings. The Bertz CT molecular complexity index is 564. The van der Waals surface area contributed by atoms with Crippen LogP contribution in [0.3, 0.4) is 0 Å². The van der Waals surface area contributed by atoms with Gasteiger partial charge in [-0.1, -0.05) is 6.07 Å². The van der Waals surface area contributed by atoms with Crippen molar-refractivity contribution in [2.45, 2.75) is 50.5 Å². The van der Waals surface area contributed by atoms with E-state index in [-0.39, 0.29) is 12.2 Å². The van der Waals surface area contributed by atoms with Gasteiger partial charge >= 0.3 is 0 Å². The van der Waals surface area contributed by atoms with Gasteiger partial charge in [-0.15, -0.1) is 0 Å². The van der Waals surface area contributed by atoms with Crippen molar-refractivity contribution in [3.05, 3.63) is 35.4 Å². The summed E-state index contributed by atoms with van der Waals surface area (Å²) in [5.74, 6) is -0.837. The molecule has 4 rings (SSSR count). The number of benzene rings is 1. The molecule has 0 N–H and O–H groups in total. The molecule has 3 unspecified atom stereocenters. The quantitative estimate of drug-likeness (QED) is 0.831. The van der Waals surface area contributed by atoms with E-state index in [2.05, 4.69) is 4.90 Å². The van der Waals surface area contributed by atoms with Gasteiger partial charge < -0.3 is 9.47 Å². The van der Waals surface area contributed by atoms with E-state index in [9.17, 15) is 8.78 Å². The molecule has 126 valence electrons. The van der Waals surface area contributed by atoms with Crippen molar-refractivity contribution < 1.29 is 18.3 Å². The van der Waals surface area contributed by atoms with Gasteiger partial charge in [0.15, 0.2) is 11.6 Å². The maximum absolute atomic E-state index is 13.5. The minimum Gasteiger partial charge on any atom is -0.374 e. The second kappa shape index (κ2) is 6.46. The Hall–Kier alpha value is -1.04. The van der Waals surface area contributed by atoms with Gasteiger partial charge in [0.05, 0.1) is 18.8 Å². The molecule has 2 saturated carbocycles. The molecule has 3 atom stereocenters. The molecule has 3 aliphatic rings. The molecule has 2 aliphatic carbocycles. The SMILES string of the molecule is Fc1ccc(CN2CCOC3CCC2C3OCC2CC2)cc1F. The second-order valence-corrected chi connectivity index (χ2v) is 7.01. The number of rotatable bonds is 5. The van der Waals surface area contributed by atoms with Gasteiger partial charge in [0.2, 0.25) is 0 Å². The number of fused-ring (bicyclic) bond motifs is 2. The lowest BCUT2D eigenvalue weighted by atomic mass is 10.1. The van der Waals surface area contributed by atoms with Gasteiger partial charge in [0.25, 0.3) is 0 Å². The van der Waals surface area contributed by atoms with Crippen LogP contribution in [-0.2, 0) is 16.0 Å². The third kappa shape index (κ3) is 3.42. The predicted octanol–water partition coefficient (Wildman–Crippen LogP) is 3.12. The van der Waals surface area contributed by atoms with Gasteiger partial charge in [0.1, 0.15) is 0 Å². The Kier molecular flexibility index (Phi) is 4.35. The molecule has 1 aliphatic heterocycles. The lowest BCUT2D eigenvalue weighted by Gasteiger charge is -2.31. The number of hydrogen-bond donors (Lipinski definition) is 0. The van der Waals surface area contributed by atoms with Crippen LogP contribution < -0.4 is 0 Å². The van der Waals surface area contributed by atoms with Crippen LogP contribution in [0.25, 0.3) is 0 Å². The summed E-state index contributed by atoms with van der Waals surface area (Å²) >= 11 is 0. The van der Waals surface area contributed by atoms with Crippen LogP contribution in [0.2, 0.25) is 0 Å². The largest absolute Gasteiger partial charge is 0.374 e. The molecule has 3 fully saturated rings. The van der Waals surface area contributed by atoms with Gasteiger partial charge in [-0.2, -0.15) is 0 Å². The fourth-order valence-electron chi connectivity index (χ4n) is 3.79. The summed E-state index contributed by atoms with van der Waals surface area (Å²) < 4.78 is 38.7. The van der Waals surface area contributed by atoms with Gasteiger partial charge in [-0.3, -0.25) is 4.90 Å². The van der Waals surface area contributed by atoms with Crippen LogP contribution in [0.5, 0.6) is 0 Å². The maximum Gasteiger partial charge on any atom is 0.159 e. The van der Waals surface area contributed by atoms with E-state index in [4.69, 9.17) is 9.47 Å². The Morgan fingerprint density at radius 3 is 2.78 bits per heavy atom. The summed E-state index contributed by atoms with van der Waals surface area (Å²) in [4.78, 5) is 2.32. The lowest BCUT2D eigenvalue weighted by Crippen LogP contribution is -2.43. The highest BCUT2D eigenvalue weighted by atomic mass is 19.2. The smallest absolute Gasteiger partial charge is 0.159 e. The number of nitrogens with zero attached hydrogens (tertiary/aromatic N) is 1. The number of halogens is 2. The average Bonchev–Trinajstić information content (AvgIpc) is 3.28. The highest BCUT2D eigenvalue weighted by molar-refractivity contribution is 5.18. The minimum atomic E-state index is -0.792. The van der Waals surface area contributed by atoms with Gasteiger partial charge in [-0.05, 0) is 49.3 Å². The van der Waals surface area contributed by atoms with Crippen LogP contribution in [0, 0.1) is 17.6 Å². The first-order valence-electron chi connectivity index (χ1n) is 8.62. The molecule has 1 saturated heterocycles. The molecule has 0 aromatic heterocycles. The summed E-state index contributed by atoms with van der Waals surface area (Å²) in [6, 6.07) is 4.48. The highest BCUT2D eigenvalue weighted by Gasteiger charge is 2.43. The van der Waals surface area contributed by atoms with Crippen molar-refractivity contribution in [3.63, 3.8) is 0 Å². The summed E-state index contributed by atoms with van der Waals surface area (Å²) in [5, 5.41) is 0. The molecule has 0 radical (unpaired) electrons. The third-order valence-electron chi connectivity index (χ3n) is 5.26. The predicted molar refractivity (Wildman–Crippen MR) is 82.0 cm³/mol. The molecule has 5 heteroatoms. The first kappa shape index (κ1) is 15.5. The molecule has 1 aromatic carbocycles. The Balaban J connectivity index is 1.46. The van der Waals surface area contributed by atoms with Crippen LogP contribution in [0.1, 0.15) is 31.2 Å². The van der Waals surface area contributed by atoms with Crippen LogP contribution in [-0.4, -0.2) is 42.9 Å². The number of ether oxygens (including phenoxy) is 2. The van der Waals surface area contributed by atoms with E-state index in [0.29, 0.717) is 19.2 Å². The maximum atomic E-state index is 13.5. The van der Waals surface area contributed by atoms with E-state index in [1.165, 1.54) is 25.0 Å². The van der Waals surface area contributed by atoms with E-state index in [1.807, 2.05) is 0 Å². The Morgan fingerprint density at radius 2 is 2.00 bits per heavy atom. The van der Waals surface area contributed by atoms with E-state index < -0.39 is 11.6 Å². The van der Waals surface area contributed by atoms with Crippen LogP contribution in [0.15, 0.2) is 18.2 Å².